The van der Waals surface area contributed by atoms with Crippen LogP contribution < -0.4 is 15.2 Å². The first-order valence-corrected chi connectivity index (χ1v) is 8.15. The summed E-state index contributed by atoms with van der Waals surface area (Å²) in [4.78, 5) is 26.4. The standard InChI is InChI=1S/C18H26N2O4.ClH/c1-18(11-19)8-9-20(12-18)17(22)7-5-14(21)13-4-6-15(23-2)16(10-13)24-3;/h4,6,10H,5,7-9,11-12,19H2,1-3H3;1H. The average molecular weight is 371 g/mol. The lowest BCUT2D eigenvalue weighted by atomic mass is 9.90. The normalized spacial score (nSPS) is 19.3. The molecule has 7 heteroatoms. The molecule has 25 heavy (non-hydrogen) atoms. The van der Waals surface area contributed by atoms with Crippen molar-refractivity contribution in [2.24, 2.45) is 11.1 Å². The monoisotopic (exact) mass is 370 g/mol. The van der Waals surface area contributed by atoms with Crippen LogP contribution in [0.4, 0.5) is 0 Å². The number of hydrogen-bond donors (Lipinski definition) is 1. The second-order valence-corrected chi connectivity index (χ2v) is 6.57. The number of halogens is 1. The van der Waals surface area contributed by atoms with Gasteiger partial charge in [-0.05, 0) is 36.6 Å². The number of carbonyl (C=O) groups is 2. The third-order valence-electron chi connectivity index (χ3n) is 4.67. The first-order chi connectivity index (χ1) is 11.4. The highest BCUT2D eigenvalue weighted by molar-refractivity contribution is 5.98. The molecule has 0 spiro atoms. The highest BCUT2D eigenvalue weighted by Crippen LogP contribution is 2.30. The van der Waals surface area contributed by atoms with Crippen LogP contribution in [0.2, 0.25) is 0 Å². The molecular formula is C18H27ClN2O4. The van der Waals surface area contributed by atoms with Crippen LogP contribution in [-0.2, 0) is 4.79 Å². The Balaban J connectivity index is 0.00000312. The molecule has 1 aromatic rings. The van der Waals surface area contributed by atoms with E-state index in [0.29, 0.717) is 30.2 Å². The molecule has 0 radical (unpaired) electrons. The Kier molecular flexibility index (Phi) is 7.70. The van der Waals surface area contributed by atoms with Gasteiger partial charge in [-0.25, -0.2) is 0 Å². The van der Waals surface area contributed by atoms with Crippen molar-refractivity contribution in [3.8, 4) is 11.5 Å². The van der Waals surface area contributed by atoms with E-state index in [-0.39, 0.29) is 42.4 Å². The molecule has 1 saturated heterocycles. The summed E-state index contributed by atoms with van der Waals surface area (Å²) >= 11 is 0. The predicted molar refractivity (Wildman–Crippen MR) is 98.7 cm³/mol. The van der Waals surface area contributed by atoms with Crippen LogP contribution in [0.5, 0.6) is 11.5 Å². The highest BCUT2D eigenvalue weighted by atomic mass is 35.5. The summed E-state index contributed by atoms with van der Waals surface area (Å²) in [7, 11) is 3.07. The van der Waals surface area contributed by atoms with E-state index >= 15 is 0 Å². The number of nitrogens with zero attached hydrogens (tertiary/aromatic N) is 1. The molecular weight excluding hydrogens is 344 g/mol. The van der Waals surface area contributed by atoms with Crippen molar-refractivity contribution < 1.29 is 19.1 Å². The van der Waals surface area contributed by atoms with E-state index in [1.54, 1.807) is 25.3 Å². The van der Waals surface area contributed by atoms with Crippen LogP contribution in [0, 0.1) is 5.41 Å². The molecule has 0 saturated carbocycles. The Morgan fingerprint density at radius 3 is 2.44 bits per heavy atom. The van der Waals surface area contributed by atoms with Crippen molar-refractivity contribution in [2.45, 2.75) is 26.2 Å². The van der Waals surface area contributed by atoms with Gasteiger partial charge in [0.15, 0.2) is 17.3 Å². The molecule has 1 fully saturated rings. The van der Waals surface area contributed by atoms with Gasteiger partial charge in [-0.3, -0.25) is 9.59 Å². The van der Waals surface area contributed by atoms with Crippen LogP contribution >= 0.6 is 12.4 Å². The summed E-state index contributed by atoms with van der Waals surface area (Å²) in [6.45, 7) is 4.06. The number of rotatable bonds is 7. The van der Waals surface area contributed by atoms with E-state index in [1.165, 1.54) is 7.11 Å². The van der Waals surface area contributed by atoms with Crippen molar-refractivity contribution in [3.63, 3.8) is 0 Å². The van der Waals surface area contributed by atoms with Gasteiger partial charge in [0.1, 0.15) is 0 Å². The lowest BCUT2D eigenvalue weighted by molar-refractivity contribution is -0.130. The summed E-state index contributed by atoms with van der Waals surface area (Å²) in [5, 5.41) is 0. The minimum atomic E-state index is -0.0786. The van der Waals surface area contributed by atoms with Crippen LogP contribution in [0.15, 0.2) is 18.2 Å². The number of amides is 1. The predicted octanol–water partition coefficient (Wildman–Crippen LogP) is 2.29. The molecule has 1 unspecified atom stereocenters. The summed E-state index contributed by atoms with van der Waals surface area (Å²) < 4.78 is 10.4. The lowest BCUT2D eigenvalue weighted by Crippen LogP contribution is -2.34. The van der Waals surface area contributed by atoms with Gasteiger partial charge in [-0.15, -0.1) is 12.4 Å². The number of hydrogen-bond acceptors (Lipinski definition) is 5. The zero-order valence-electron chi connectivity index (χ0n) is 15.0. The van der Waals surface area contributed by atoms with Crippen molar-refractivity contribution in [2.75, 3.05) is 33.9 Å². The van der Waals surface area contributed by atoms with Crippen molar-refractivity contribution in [1.29, 1.82) is 0 Å². The Morgan fingerprint density at radius 2 is 1.88 bits per heavy atom. The Bertz CT molecular complexity index is 623. The SMILES string of the molecule is COc1ccc(C(=O)CCC(=O)N2CCC(C)(CN)C2)cc1OC.Cl. The molecule has 6 nitrogen and oxygen atoms in total. The third kappa shape index (κ3) is 5.09. The van der Waals surface area contributed by atoms with Gasteiger partial charge in [-0.2, -0.15) is 0 Å². The number of Topliss-reactive ketones (excluding diaryl/α,β-unsaturated/α-hetero) is 1. The van der Waals surface area contributed by atoms with Crippen LogP contribution in [0.1, 0.15) is 36.5 Å². The van der Waals surface area contributed by atoms with E-state index in [0.717, 1.165) is 13.0 Å². The molecule has 2 N–H and O–H groups in total. The molecule has 0 aliphatic carbocycles. The number of ketones is 1. The fourth-order valence-electron chi connectivity index (χ4n) is 2.94. The number of nitrogens with two attached hydrogens (primary N) is 1. The minimum Gasteiger partial charge on any atom is -0.493 e. The molecule has 0 bridgehead atoms. The molecule has 1 aromatic carbocycles. The maximum atomic E-state index is 12.3. The maximum absolute atomic E-state index is 12.3. The molecule has 2 rings (SSSR count). The molecule has 140 valence electrons. The van der Waals surface area contributed by atoms with Gasteiger partial charge in [0.05, 0.1) is 14.2 Å². The average Bonchev–Trinajstić information content (AvgIpc) is 3.01. The third-order valence-corrected chi connectivity index (χ3v) is 4.67. The number of benzene rings is 1. The molecule has 1 atom stereocenters. The molecule has 1 aliphatic rings. The second-order valence-electron chi connectivity index (χ2n) is 6.57. The van der Waals surface area contributed by atoms with Gasteiger partial charge in [-0.1, -0.05) is 6.92 Å². The van der Waals surface area contributed by atoms with Gasteiger partial charge in [0, 0.05) is 31.5 Å². The fourth-order valence-corrected chi connectivity index (χ4v) is 2.94. The smallest absolute Gasteiger partial charge is 0.223 e. The maximum Gasteiger partial charge on any atom is 0.223 e. The highest BCUT2D eigenvalue weighted by Gasteiger charge is 2.34. The summed E-state index contributed by atoms with van der Waals surface area (Å²) in [6.07, 6.45) is 1.32. The van der Waals surface area contributed by atoms with E-state index in [9.17, 15) is 9.59 Å². The van der Waals surface area contributed by atoms with Gasteiger partial charge >= 0.3 is 0 Å². The molecule has 1 amide bonds. The largest absolute Gasteiger partial charge is 0.493 e. The zero-order valence-corrected chi connectivity index (χ0v) is 15.9. The molecule has 1 aliphatic heterocycles. The van der Waals surface area contributed by atoms with E-state index in [2.05, 4.69) is 6.92 Å². The van der Waals surface area contributed by atoms with Crippen LogP contribution in [0.25, 0.3) is 0 Å². The number of ether oxygens (including phenoxy) is 2. The summed E-state index contributed by atoms with van der Waals surface area (Å²) in [6, 6.07) is 5.03. The summed E-state index contributed by atoms with van der Waals surface area (Å²) in [5.74, 6) is 1.02. The van der Waals surface area contributed by atoms with E-state index < -0.39 is 0 Å². The zero-order chi connectivity index (χ0) is 17.7. The van der Waals surface area contributed by atoms with Gasteiger partial charge < -0.3 is 20.1 Å². The number of carbonyl (C=O) groups excluding carboxylic acids is 2. The lowest BCUT2D eigenvalue weighted by Gasteiger charge is -2.22. The van der Waals surface area contributed by atoms with Crippen molar-refractivity contribution in [1.82, 2.24) is 4.90 Å². The number of methoxy groups -OCH3 is 2. The van der Waals surface area contributed by atoms with Gasteiger partial charge in [0.2, 0.25) is 5.91 Å². The first-order valence-electron chi connectivity index (χ1n) is 8.15. The molecule has 1 heterocycles. The van der Waals surface area contributed by atoms with Crippen molar-refractivity contribution in [3.05, 3.63) is 23.8 Å². The van der Waals surface area contributed by atoms with Crippen molar-refractivity contribution >= 4 is 24.1 Å². The Hall–Kier alpha value is -1.79. The van der Waals surface area contributed by atoms with Crippen LogP contribution in [-0.4, -0.2) is 50.4 Å². The number of likely N-dealkylation sites (tertiary alicyclic amines) is 1. The minimum absolute atomic E-state index is 0. The Morgan fingerprint density at radius 1 is 1.20 bits per heavy atom. The van der Waals surface area contributed by atoms with E-state index in [4.69, 9.17) is 15.2 Å². The quantitative estimate of drug-likeness (QED) is 0.744. The van der Waals surface area contributed by atoms with Crippen LogP contribution in [0.3, 0.4) is 0 Å². The first kappa shape index (κ1) is 21.3. The Labute approximate surface area is 155 Å². The van der Waals surface area contributed by atoms with E-state index in [1.807, 2.05) is 4.90 Å². The van der Waals surface area contributed by atoms with Gasteiger partial charge in [0.25, 0.3) is 0 Å². The second kappa shape index (κ2) is 9.06. The summed E-state index contributed by atoms with van der Waals surface area (Å²) in [5.41, 5.74) is 6.29. The fraction of sp³-hybridized carbons (Fsp3) is 0.556. The molecule has 0 aromatic heterocycles. The topological polar surface area (TPSA) is 81.9 Å².